The molecule has 8 heteroatoms. The molecule has 35 heavy (non-hydrogen) atoms. The first-order valence-corrected chi connectivity index (χ1v) is 11.5. The maximum atomic E-state index is 15.2. The first-order valence-electron chi connectivity index (χ1n) is 11.5. The number of nitrogens with zero attached hydrogens (tertiary/aromatic N) is 4. The first-order chi connectivity index (χ1) is 16.8. The van der Waals surface area contributed by atoms with Crippen molar-refractivity contribution >= 4 is 17.6 Å². The standard InChI is InChI=1S/C27H24F2N4O2/c1-31-17-20-23(30-31)10-6-7-13-27(20)16-24(34)33(26(35)32(27)2)25-21(28)14-19(15-22(25)29)12-11-18-8-4-3-5-9-18/h3-5,8-9,14-15,17H,6-7,10,13,16H2,1-2H3/t27-/m0/s1. The van der Waals surface area contributed by atoms with Crippen molar-refractivity contribution in [2.75, 3.05) is 11.9 Å². The molecular weight excluding hydrogens is 450 g/mol. The molecular formula is C27H24F2N4O2. The summed E-state index contributed by atoms with van der Waals surface area (Å²) in [4.78, 5) is 28.9. The van der Waals surface area contributed by atoms with E-state index in [0.29, 0.717) is 16.9 Å². The second-order valence-corrected chi connectivity index (χ2v) is 9.05. The second kappa shape index (κ2) is 8.66. The van der Waals surface area contributed by atoms with Crippen LogP contribution in [0.25, 0.3) is 0 Å². The van der Waals surface area contributed by atoms with Gasteiger partial charge in [-0.2, -0.15) is 5.10 Å². The number of urea groups is 1. The molecule has 0 N–H and O–H groups in total. The van der Waals surface area contributed by atoms with Gasteiger partial charge >= 0.3 is 6.03 Å². The van der Waals surface area contributed by atoms with Crippen molar-refractivity contribution in [2.45, 2.75) is 37.6 Å². The van der Waals surface area contributed by atoms with E-state index in [-0.39, 0.29) is 12.0 Å². The van der Waals surface area contributed by atoms with Gasteiger partial charge < -0.3 is 4.90 Å². The fourth-order valence-corrected chi connectivity index (χ4v) is 5.11. The average molecular weight is 475 g/mol. The van der Waals surface area contributed by atoms with Crippen molar-refractivity contribution < 1.29 is 18.4 Å². The SMILES string of the molecule is CN1C(=O)N(c2c(F)cc(C#Cc3ccccc3)cc2F)C(=O)C[C@]12CCCCc1nn(C)cc12. The Labute approximate surface area is 202 Å². The minimum Gasteiger partial charge on any atom is -0.317 e. The van der Waals surface area contributed by atoms with E-state index >= 15 is 8.78 Å². The highest BCUT2D eigenvalue weighted by molar-refractivity contribution is 6.16. The number of hydrogen-bond acceptors (Lipinski definition) is 3. The fourth-order valence-electron chi connectivity index (χ4n) is 5.11. The highest BCUT2D eigenvalue weighted by Crippen LogP contribution is 2.45. The van der Waals surface area contributed by atoms with Gasteiger partial charge in [-0.1, -0.05) is 36.5 Å². The Morgan fingerprint density at radius 3 is 2.37 bits per heavy atom. The summed E-state index contributed by atoms with van der Waals surface area (Å²) in [7, 11) is 3.38. The summed E-state index contributed by atoms with van der Waals surface area (Å²) in [6.45, 7) is 0. The number of benzene rings is 2. The van der Waals surface area contributed by atoms with Crippen molar-refractivity contribution in [3.05, 3.63) is 82.7 Å². The van der Waals surface area contributed by atoms with Gasteiger partial charge in [-0.25, -0.2) is 18.5 Å². The molecule has 6 nitrogen and oxygen atoms in total. The topological polar surface area (TPSA) is 58.4 Å². The maximum Gasteiger partial charge on any atom is 0.332 e. The molecule has 1 atom stereocenters. The van der Waals surface area contributed by atoms with Crippen LogP contribution in [0.4, 0.5) is 19.3 Å². The number of rotatable bonds is 1. The Kier molecular flexibility index (Phi) is 5.64. The number of anilines is 1. The molecule has 3 amide bonds. The van der Waals surface area contributed by atoms with Crippen LogP contribution < -0.4 is 4.90 Å². The van der Waals surface area contributed by atoms with Crippen LogP contribution in [0.5, 0.6) is 0 Å². The molecule has 1 aromatic heterocycles. The third-order valence-electron chi connectivity index (χ3n) is 6.84. The maximum absolute atomic E-state index is 15.2. The van der Waals surface area contributed by atoms with E-state index in [2.05, 4.69) is 16.9 Å². The van der Waals surface area contributed by atoms with Crippen LogP contribution in [0.15, 0.2) is 48.7 Å². The molecule has 2 aromatic carbocycles. The molecule has 3 aromatic rings. The molecule has 0 saturated carbocycles. The van der Waals surface area contributed by atoms with Gasteiger partial charge in [-0.3, -0.25) is 9.48 Å². The summed E-state index contributed by atoms with van der Waals surface area (Å²) < 4.78 is 32.0. The van der Waals surface area contributed by atoms with Crippen LogP contribution in [0.3, 0.4) is 0 Å². The Balaban J connectivity index is 1.50. The number of hydrogen-bond donors (Lipinski definition) is 0. The highest BCUT2D eigenvalue weighted by atomic mass is 19.1. The average Bonchev–Trinajstić information content (AvgIpc) is 3.13. The molecule has 0 bridgehead atoms. The minimum atomic E-state index is -1.02. The van der Waals surface area contributed by atoms with Crippen LogP contribution in [0.2, 0.25) is 0 Å². The van der Waals surface area contributed by atoms with Crippen LogP contribution in [0, 0.1) is 23.5 Å². The third-order valence-corrected chi connectivity index (χ3v) is 6.84. The Hall–Kier alpha value is -3.99. The van der Waals surface area contributed by atoms with E-state index in [4.69, 9.17) is 0 Å². The Morgan fingerprint density at radius 1 is 0.971 bits per heavy atom. The summed E-state index contributed by atoms with van der Waals surface area (Å²) in [5.41, 5.74) is 0.922. The second-order valence-electron chi connectivity index (χ2n) is 9.05. The van der Waals surface area contributed by atoms with E-state index in [1.165, 1.54) is 4.90 Å². The molecule has 1 saturated heterocycles. The summed E-state index contributed by atoms with van der Waals surface area (Å²) >= 11 is 0. The van der Waals surface area contributed by atoms with Crippen molar-refractivity contribution in [1.82, 2.24) is 14.7 Å². The highest BCUT2D eigenvalue weighted by Gasteiger charge is 2.52. The quantitative estimate of drug-likeness (QED) is 0.488. The zero-order valence-electron chi connectivity index (χ0n) is 19.5. The smallest absolute Gasteiger partial charge is 0.317 e. The molecule has 0 unspecified atom stereocenters. The monoisotopic (exact) mass is 474 g/mol. The molecule has 5 rings (SSSR count). The normalized spacial score (nSPS) is 19.9. The molecule has 2 heterocycles. The summed E-state index contributed by atoms with van der Waals surface area (Å²) in [6.07, 6.45) is 4.79. The van der Waals surface area contributed by atoms with Crippen LogP contribution in [0.1, 0.15) is 48.1 Å². The predicted octanol–water partition coefficient (Wildman–Crippen LogP) is 4.51. The van der Waals surface area contributed by atoms with Crippen molar-refractivity contribution in [3.8, 4) is 11.8 Å². The van der Waals surface area contributed by atoms with Gasteiger partial charge in [0.1, 0.15) is 5.69 Å². The molecule has 1 aliphatic heterocycles. The van der Waals surface area contributed by atoms with E-state index in [9.17, 15) is 9.59 Å². The molecule has 0 radical (unpaired) electrons. The number of carbonyl (C=O) groups is 2. The van der Waals surface area contributed by atoms with Gasteiger partial charge in [0.05, 0.1) is 17.7 Å². The largest absolute Gasteiger partial charge is 0.332 e. The number of imide groups is 1. The van der Waals surface area contributed by atoms with Crippen LogP contribution >= 0.6 is 0 Å². The zero-order chi connectivity index (χ0) is 24.7. The van der Waals surface area contributed by atoms with Crippen molar-refractivity contribution in [1.29, 1.82) is 0 Å². The van der Waals surface area contributed by atoms with E-state index < -0.39 is 34.8 Å². The number of carbonyl (C=O) groups excluding carboxylic acids is 2. The summed E-state index contributed by atoms with van der Waals surface area (Å²) in [5.74, 6) is 2.90. The zero-order valence-corrected chi connectivity index (χ0v) is 19.5. The summed E-state index contributed by atoms with van der Waals surface area (Å²) in [6, 6.07) is 10.4. The van der Waals surface area contributed by atoms with Gasteiger partial charge in [0.2, 0.25) is 5.91 Å². The lowest BCUT2D eigenvalue weighted by atomic mass is 9.80. The minimum absolute atomic E-state index is 0.0810. The Morgan fingerprint density at radius 2 is 1.66 bits per heavy atom. The molecule has 1 fully saturated rings. The van der Waals surface area contributed by atoms with Gasteiger partial charge in [-0.05, 0) is 43.5 Å². The van der Waals surface area contributed by atoms with Gasteiger partial charge in [0, 0.05) is 37.0 Å². The molecule has 178 valence electrons. The summed E-state index contributed by atoms with van der Waals surface area (Å²) in [5, 5.41) is 4.52. The van der Waals surface area contributed by atoms with Gasteiger partial charge in [0.15, 0.2) is 11.6 Å². The number of fused-ring (bicyclic) bond motifs is 2. The third kappa shape index (κ3) is 3.87. The lowest BCUT2D eigenvalue weighted by Gasteiger charge is -2.47. The van der Waals surface area contributed by atoms with E-state index in [1.54, 1.807) is 30.9 Å². The lowest BCUT2D eigenvalue weighted by Crippen LogP contribution is -2.61. The van der Waals surface area contributed by atoms with E-state index in [0.717, 1.165) is 42.7 Å². The molecule has 1 aliphatic carbocycles. The molecule has 1 spiro atoms. The number of aryl methyl sites for hydroxylation is 2. The predicted molar refractivity (Wildman–Crippen MR) is 126 cm³/mol. The lowest BCUT2D eigenvalue weighted by molar-refractivity contribution is -0.122. The molecule has 2 aliphatic rings. The van der Waals surface area contributed by atoms with Gasteiger partial charge in [0.25, 0.3) is 0 Å². The number of amides is 3. The Bertz CT molecular complexity index is 1370. The first kappa shape index (κ1) is 22.8. The van der Waals surface area contributed by atoms with Gasteiger partial charge in [-0.15, -0.1) is 0 Å². The van der Waals surface area contributed by atoms with Crippen molar-refractivity contribution in [2.24, 2.45) is 7.05 Å². The number of aromatic nitrogens is 2. The van der Waals surface area contributed by atoms with Crippen molar-refractivity contribution in [3.63, 3.8) is 0 Å². The van der Waals surface area contributed by atoms with Crippen LogP contribution in [-0.4, -0.2) is 33.7 Å². The van der Waals surface area contributed by atoms with Crippen LogP contribution in [-0.2, 0) is 23.8 Å². The fraction of sp³-hybridized carbons (Fsp3) is 0.296. The van der Waals surface area contributed by atoms with E-state index in [1.807, 2.05) is 24.4 Å². The number of halogens is 2.